The van der Waals surface area contributed by atoms with Crippen LogP contribution in [0, 0.1) is 17.2 Å². The molecule has 0 heterocycles. The second-order valence-corrected chi connectivity index (χ2v) is 5.13. The van der Waals surface area contributed by atoms with Crippen LogP contribution in [0.25, 0.3) is 0 Å². The van der Waals surface area contributed by atoms with Gasteiger partial charge in [0.1, 0.15) is 0 Å². The van der Waals surface area contributed by atoms with Gasteiger partial charge in [0.15, 0.2) is 0 Å². The first kappa shape index (κ1) is 14.5. The molecule has 0 radical (unpaired) electrons. The van der Waals surface area contributed by atoms with Crippen molar-refractivity contribution in [3.05, 3.63) is 29.8 Å². The Morgan fingerprint density at radius 1 is 1.22 bits per heavy atom. The summed E-state index contributed by atoms with van der Waals surface area (Å²) in [6.45, 7) is 8.12. The first-order chi connectivity index (χ1) is 8.54. The monoisotopic (exact) mass is 245 g/mol. The Balaban J connectivity index is 2.81. The molecule has 2 N–H and O–H groups in total. The minimum Gasteiger partial charge on any atom is -0.370 e. The summed E-state index contributed by atoms with van der Waals surface area (Å²) in [4.78, 5) is 2.26. The fourth-order valence-corrected chi connectivity index (χ4v) is 1.94. The average molecular weight is 245 g/mol. The fourth-order valence-electron chi connectivity index (χ4n) is 1.94. The Labute approximate surface area is 110 Å². The molecule has 1 atom stereocenters. The van der Waals surface area contributed by atoms with E-state index < -0.39 is 0 Å². The summed E-state index contributed by atoms with van der Waals surface area (Å²) >= 11 is 0. The normalized spacial score (nSPS) is 12.2. The standard InChI is InChI=1S/C15H23N3/c1-12(2)11-18(10-4-9-16)15-7-5-14(6-8-15)13(3)17/h5-8,12-13H,4,10-11,17H2,1-3H3/t13-/m1/s1. The zero-order valence-electron chi connectivity index (χ0n) is 11.6. The van der Waals surface area contributed by atoms with E-state index in [4.69, 9.17) is 11.0 Å². The van der Waals surface area contributed by atoms with Crippen LogP contribution >= 0.6 is 0 Å². The number of anilines is 1. The number of nitrogens with two attached hydrogens (primary N) is 1. The second kappa shape index (κ2) is 7.03. The minimum absolute atomic E-state index is 0.0664. The van der Waals surface area contributed by atoms with Crippen LogP contribution in [0.4, 0.5) is 5.69 Å². The number of benzene rings is 1. The molecule has 0 aliphatic carbocycles. The molecule has 0 aliphatic heterocycles. The summed E-state index contributed by atoms with van der Waals surface area (Å²) in [6.07, 6.45) is 0.557. The Morgan fingerprint density at radius 3 is 2.28 bits per heavy atom. The number of rotatable bonds is 6. The predicted octanol–water partition coefficient (Wildman–Crippen LogP) is 3.08. The summed E-state index contributed by atoms with van der Waals surface area (Å²) in [5.74, 6) is 0.580. The van der Waals surface area contributed by atoms with Crippen LogP contribution in [0.3, 0.4) is 0 Å². The van der Waals surface area contributed by atoms with E-state index in [1.54, 1.807) is 0 Å². The van der Waals surface area contributed by atoms with Gasteiger partial charge in [0, 0.05) is 24.8 Å². The van der Waals surface area contributed by atoms with Crippen molar-refractivity contribution in [3.8, 4) is 6.07 Å². The van der Waals surface area contributed by atoms with Crippen LogP contribution in [0.5, 0.6) is 0 Å². The van der Waals surface area contributed by atoms with Crippen LogP contribution in [-0.4, -0.2) is 13.1 Å². The topological polar surface area (TPSA) is 53.0 Å². The number of nitrogens with zero attached hydrogens (tertiary/aromatic N) is 2. The third-order valence-electron chi connectivity index (χ3n) is 2.86. The average Bonchev–Trinajstić information content (AvgIpc) is 2.34. The van der Waals surface area contributed by atoms with Gasteiger partial charge in [0.2, 0.25) is 0 Å². The summed E-state index contributed by atoms with van der Waals surface area (Å²) in [5.41, 5.74) is 8.16. The van der Waals surface area contributed by atoms with E-state index >= 15 is 0 Å². The molecular weight excluding hydrogens is 222 g/mol. The van der Waals surface area contributed by atoms with Crippen molar-refractivity contribution in [1.29, 1.82) is 5.26 Å². The van der Waals surface area contributed by atoms with Gasteiger partial charge in [-0.2, -0.15) is 5.26 Å². The van der Waals surface area contributed by atoms with Crippen molar-refractivity contribution in [2.75, 3.05) is 18.0 Å². The summed E-state index contributed by atoms with van der Waals surface area (Å²) in [5, 5.41) is 8.72. The van der Waals surface area contributed by atoms with Crippen LogP contribution in [0.2, 0.25) is 0 Å². The molecule has 0 spiro atoms. The lowest BCUT2D eigenvalue weighted by molar-refractivity contribution is 0.612. The first-order valence-electron chi connectivity index (χ1n) is 6.52. The molecule has 3 nitrogen and oxygen atoms in total. The second-order valence-electron chi connectivity index (χ2n) is 5.13. The molecule has 18 heavy (non-hydrogen) atoms. The lowest BCUT2D eigenvalue weighted by Crippen LogP contribution is -2.28. The quantitative estimate of drug-likeness (QED) is 0.838. The highest BCUT2D eigenvalue weighted by Crippen LogP contribution is 2.19. The molecule has 0 aliphatic rings. The highest BCUT2D eigenvalue weighted by Gasteiger charge is 2.09. The molecule has 3 heteroatoms. The van der Waals surface area contributed by atoms with E-state index in [0.717, 1.165) is 18.7 Å². The lowest BCUT2D eigenvalue weighted by Gasteiger charge is -2.26. The molecular formula is C15H23N3. The van der Waals surface area contributed by atoms with Crippen molar-refractivity contribution >= 4 is 5.69 Å². The molecule has 1 rings (SSSR count). The maximum Gasteiger partial charge on any atom is 0.0640 e. The van der Waals surface area contributed by atoms with Gasteiger partial charge in [-0.25, -0.2) is 0 Å². The van der Waals surface area contributed by atoms with Crippen LogP contribution in [0.15, 0.2) is 24.3 Å². The van der Waals surface area contributed by atoms with E-state index in [9.17, 15) is 0 Å². The van der Waals surface area contributed by atoms with E-state index in [1.807, 2.05) is 6.92 Å². The molecule has 0 bridgehead atoms. The molecule has 0 saturated carbocycles. The zero-order valence-corrected chi connectivity index (χ0v) is 11.6. The third kappa shape index (κ3) is 4.38. The zero-order chi connectivity index (χ0) is 13.5. The molecule has 1 aromatic carbocycles. The van der Waals surface area contributed by atoms with Crippen LogP contribution in [0.1, 0.15) is 38.8 Å². The van der Waals surface area contributed by atoms with Crippen molar-refractivity contribution in [2.24, 2.45) is 11.7 Å². The Hall–Kier alpha value is -1.53. The van der Waals surface area contributed by atoms with E-state index in [1.165, 1.54) is 5.69 Å². The fraction of sp³-hybridized carbons (Fsp3) is 0.533. The Morgan fingerprint density at radius 2 is 1.83 bits per heavy atom. The minimum atomic E-state index is 0.0664. The van der Waals surface area contributed by atoms with Gasteiger partial charge in [0.25, 0.3) is 0 Å². The predicted molar refractivity (Wildman–Crippen MR) is 76.3 cm³/mol. The van der Waals surface area contributed by atoms with E-state index in [-0.39, 0.29) is 6.04 Å². The van der Waals surface area contributed by atoms with Crippen molar-refractivity contribution in [2.45, 2.75) is 33.2 Å². The number of nitriles is 1. The maximum atomic E-state index is 8.72. The van der Waals surface area contributed by atoms with Crippen molar-refractivity contribution in [1.82, 2.24) is 0 Å². The maximum absolute atomic E-state index is 8.72. The smallest absolute Gasteiger partial charge is 0.0640 e. The van der Waals surface area contributed by atoms with Gasteiger partial charge in [-0.3, -0.25) is 0 Å². The van der Waals surface area contributed by atoms with Gasteiger partial charge >= 0.3 is 0 Å². The molecule has 0 aromatic heterocycles. The van der Waals surface area contributed by atoms with Gasteiger partial charge in [0.05, 0.1) is 12.5 Å². The third-order valence-corrected chi connectivity index (χ3v) is 2.86. The summed E-state index contributed by atoms with van der Waals surface area (Å²) in [7, 11) is 0. The van der Waals surface area contributed by atoms with E-state index in [0.29, 0.717) is 12.3 Å². The van der Waals surface area contributed by atoms with Gasteiger partial charge in [-0.1, -0.05) is 26.0 Å². The molecule has 1 aromatic rings. The number of hydrogen-bond donors (Lipinski definition) is 1. The van der Waals surface area contributed by atoms with Crippen molar-refractivity contribution < 1.29 is 0 Å². The molecule has 0 fully saturated rings. The lowest BCUT2D eigenvalue weighted by atomic mass is 10.1. The summed E-state index contributed by atoms with van der Waals surface area (Å²) in [6, 6.07) is 10.6. The van der Waals surface area contributed by atoms with Gasteiger partial charge in [-0.15, -0.1) is 0 Å². The molecule has 98 valence electrons. The first-order valence-corrected chi connectivity index (χ1v) is 6.52. The van der Waals surface area contributed by atoms with Gasteiger partial charge in [-0.05, 0) is 30.5 Å². The summed E-state index contributed by atoms with van der Waals surface area (Å²) < 4.78 is 0. The van der Waals surface area contributed by atoms with Gasteiger partial charge < -0.3 is 10.6 Å². The van der Waals surface area contributed by atoms with E-state index in [2.05, 4.69) is 49.1 Å². The number of hydrogen-bond acceptors (Lipinski definition) is 3. The van der Waals surface area contributed by atoms with Crippen LogP contribution in [-0.2, 0) is 0 Å². The Kier molecular flexibility index (Phi) is 5.67. The highest BCUT2D eigenvalue weighted by atomic mass is 15.1. The molecule has 0 saturated heterocycles. The largest absolute Gasteiger partial charge is 0.370 e. The molecule has 0 unspecified atom stereocenters. The highest BCUT2D eigenvalue weighted by molar-refractivity contribution is 5.48. The SMILES string of the molecule is CC(C)CN(CCC#N)c1ccc([C@@H](C)N)cc1. The van der Waals surface area contributed by atoms with Crippen LogP contribution < -0.4 is 10.6 Å². The molecule has 0 amide bonds. The Bertz CT molecular complexity index is 387. The van der Waals surface area contributed by atoms with Crippen molar-refractivity contribution in [3.63, 3.8) is 0 Å².